The smallest absolute Gasteiger partial charge is 0.353 e. The van der Waals surface area contributed by atoms with Gasteiger partial charge in [-0.15, -0.1) is 0 Å². The van der Waals surface area contributed by atoms with Crippen LogP contribution in [0, 0.1) is 11.3 Å². The molecular weight excluding hydrogens is 318 g/mol. The molecule has 0 aliphatic rings. The number of aliphatic hydroxyl groups is 1. The number of esters is 1. The van der Waals surface area contributed by atoms with Gasteiger partial charge in [0, 0.05) is 17.9 Å². The number of carbonyl (C=O) groups excluding carboxylic acids is 2. The van der Waals surface area contributed by atoms with E-state index < -0.39 is 17.5 Å². The van der Waals surface area contributed by atoms with E-state index in [2.05, 4.69) is 0 Å². The van der Waals surface area contributed by atoms with Gasteiger partial charge in [0.25, 0.3) is 5.60 Å². The fourth-order valence-corrected chi connectivity index (χ4v) is 2.63. The number of rotatable bonds is 7. The summed E-state index contributed by atoms with van der Waals surface area (Å²) in [5.41, 5.74) is -1.47. The molecular formula is C20H19NO4. The van der Waals surface area contributed by atoms with Crippen molar-refractivity contribution >= 4 is 11.8 Å². The maximum atomic E-state index is 12.6. The summed E-state index contributed by atoms with van der Waals surface area (Å²) in [5.74, 6) is -2.36. The van der Waals surface area contributed by atoms with Gasteiger partial charge in [-0.05, 0) is 12.5 Å². The molecule has 0 heterocycles. The Kier molecular flexibility index (Phi) is 6.04. The lowest BCUT2D eigenvalue weighted by Gasteiger charge is -2.28. The number of carbonyl (C=O) groups is 2. The number of nitriles is 1. The molecule has 0 aliphatic heterocycles. The second kappa shape index (κ2) is 8.22. The number of hydrogen-bond acceptors (Lipinski definition) is 5. The Morgan fingerprint density at radius 3 is 2.20 bits per heavy atom. The topological polar surface area (TPSA) is 87.4 Å². The zero-order chi connectivity index (χ0) is 18.3. The highest BCUT2D eigenvalue weighted by Gasteiger charge is 2.47. The van der Waals surface area contributed by atoms with Gasteiger partial charge in [-0.3, -0.25) is 4.79 Å². The van der Waals surface area contributed by atoms with Gasteiger partial charge in [0.2, 0.25) is 0 Å². The first kappa shape index (κ1) is 18.4. The molecule has 0 fully saturated rings. The van der Waals surface area contributed by atoms with Crippen LogP contribution in [0.1, 0.15) is 35.2 Å². The number of Topliss-reactive ketones (excluding diaryl/α,β-unsaturated/α-hetero) is 1. The van der Waals surface area contributed by atoms with E-state index in [0.717, 1.165) is 0 Å². The van der Waals surface area contributed by atoms with Gasteiger partial charge in [0.15, 0.2) is 5.78 Å². The van der Waals surface area contributed by atoms with Crippen molar-refractivity contribution in [3.05, 3.63) is 71.8 Å². The molecule has 2 atom stereocenters. The molecule has 1 N–H and O–H groups in total. The quantitative estimate of drug-likeness (QED) is 0.477. The Morgan fingerprint density at radius 2 is 1.68 bits per heavy atom. The Labute approximate surface area is 146 Å². The van der Waals surface area contributed by atoms with Crippen LogP contribution in [-0.4, -0.2) is 29.1 Å². The third-order valence-electron chi connectivity index (χ3n) is 3.95. The number of ketones is 1. The van der Waals surface area contributed by atoms with E-state index in [9.17, 15) is 20.0 Å². The molecule has 0 radical (unpaired) electrons. The first-order valence-corrected chi connectivity index (χ1v) is 7.97. The van der Waals surface area contributed by atoms with Gasteiger partial charge in [-0.2, -0.15) is 5.26 Å². The van der Waals surface area contributed by atoms with Crippen LogP contribution in [-0.2, 0) is 9.53 Å². The maximum absolute atomic E-state index is 12.6. The molecule has 0 amide bonds. The highest BCUT2D eigenvalue weighted by atomic mass is 16.5. The average molecular weight is 337 g/mol. The van der Waals surface area contributed by atoms with Crippen molar-refractivity contribution in [2.75, 3.05) is 6.61 Å². The molecule has 128 valence electrons. The molecule has 5 heteroatoms. The standard InChI is InChI=1S/C20H19NO4/c1-2-25-19(23)20(24,14-21)17(15-9-5-3-6-10-15)13-18(22)16-11-7-4-8-12-16/h3-12,17,24H,2,13H2,1H3. The SMILES string of the molecule is CCOC(=O)C(O)(C#N)C(CC(=O)c1ccccc1)c1ccccc1. The lowest BCUT2D eigenvalue weighted by Crippen LogP contribution is -2.45. The summed E-state index contributed by atoms with van der Waals surface area (Å²) in [5, 5.41) is 20.2. The molecule has 5 nitrogen and oxygen atoms in total. The van der Waals surface area contributed by atoms with Crippen molar-refractivity contribution in [1.82, 2.24) is 0 Å². The lowest BCUT2D eigenvalue weighted by atomic mass is 9.78. The van der Waals surface area contributed by atoms with Crippen molar-refractivity contribution in [2.45, 2.75) is 24.9 Å². The van der Waals surface area contributed by atoms with Crippen LogP contribution in [0.3, 0.4) is 0 Å². The Balaban J connectivity index is 2.42. The molecule has 0 aromatic heterocycles. The third kappa shape index (κ3) is 4.11. The van der Waals surface area contributed by atoms with Crippen molar-refractivity contribution in [3.8, 4) is 6.07 Å². The minimum absolute atomic E-state index is 0.0248. The average Bonchev–Trinajstić information content (AvgIpc) is 2.66. The summed E-state index contributed by atoms with van der Waals surface area (Å²) in [6.07, 6.45) is -0.198. The Morgan fingerprint density at radius 1 is 1.12 bits per heavy atom. The Hall–Kier alpha value is -2.97. The molecule has 2 aromatic rings. The van der Waals surface area contributed by atoms with Gasteiger partial charge in [0.05, 0.1) is 6.61 Å². The van der Waals surface area contributed by atoms with E-state index in [4.69, 9.17) is 4.74 Å². The minimum atomic E-state index is -2.44. The minimum Gasteiger partial charge on any atom is -0.463 e. The summed E-state index contributed by atoms with van der Waals surface area (Å²) < 4.78 is 4.86. The van der Waals surface area contributed by atoms with E-state index >= 15 is 0 Å². The highest BCUT2D eigenvalue weighted by molar-refractivity contribution is 5.97. The lowest BCUT2D eigenvalue weighted by molar-refractivity contribution is -0.161. The molecule has 0 spiro atoms. The first-order valence-electron chi connectivity index (χ1n) is 7.97. The number of hydrogen-bond donors (Lipinski definition) is 1. The summed E-state index contributed by atoms with van der Waals surface area (Å²) in [6.45, 7) is 1.61. The van der Waals surface area contributed by atoms with Crippen LogP contribution < -0.4 is 0 Å². The normalized spacial score (nSPS) is 14.0. The highest BCUT2D eigenvalue weighted by Crippen LogP contribution is 2.33. The van der Waals surface area contributed by atoms with Crippen LogP contribution in [0.25, 0.3) is 0 Å². The van der Waals surface area contributed by atoms with Crippen LogP contribution >= 0.6 is 0 Å². The van der Waals surface area contributed by atoms with E-state index in [0.29, 0.717) is 11.1 Å². The van der Waals surface area contributed by atoms with E-state index in [1.807, 2.05) is 0 Å². The fourth-order valence-electron chi connectivity index (χ4n) is 2.63. The van der Waals surface area contributed by atoms with Crippen LogP contribution in [0.4, 0.5) is 0 Å². The summed E-state index contributed by atoms with van der Waals surface area (Å²) >= 11 is 0. The van der Waals surface area contributed by atoms with Gasteiger partial charge in [0.1, 0.15) is 6.07 Å². The molecule has 0 bridgehead atoms. The monoisotopic (exact) mass is 337 g/mol. The fraction of sp³-hybridized carbons (Fsp3) is 0.250. The zero-order valence-corrected chi connectivity index (χ0v) is 13.9. The molecule has 25 heavy (non-hydrogen) atoms. The van der Waals surface area contributed by atoms with E-state index in [1.165, 1.54) is 0 Å². The van der Waals surface area contributed by atoms with Gasteiger partial charge in [-0.25, -0.2) is 4.79 Å². The second-order valence-electron chi connectivity index (χ2n) is 5.56. The number of nitrogens with zero attached hydrogens (tertiary/aromatic N) is 1. The van der Waals surface area contributed by atoms with E-state index in [1.54, 1.807) is 73.7 Å². The van der Waals surface area contributed by atoms with Crippen molar-refractivity contribution in [3.63, 3.8) is 0 Å². The Bertz CT molecular complexity index is 767. The predicted octanol–water partition coefficient (Wildman–Crippen LogP) is 2.86. The van der Waals surface area contributed by atoms with E-state index in [-0.39, 0.29) is 18.8 Å². The predicted molar refractivity (Wildman–Crippen MR) is 91.8 cm³/mol. The number of ether oxygens (including phenoxy) is 1. The van der Waals surface area contributed by atoms with Gasteiger partial charge < -0.3 is 9.84 Å². The third-order valence-corrected chi connectivity index (χ3v) is 3.95. The number of benzene rings is 2. The maximum Gasteiger partial charge on any atom is 0.353 e. The molecule has 2 aromatic carbocycles. The molecule has 0 saturated heterocycles. The zero-order valence-electron chi connectivity index (χ0n) is 13.9. The summed E-state index contributed by atoms with van der Waals surface area (Å²) in [6, 6.07) is 18.8. The van der Waals surface area contributed by atoms with Crippen molar-refractivity contribution < 1.29 is 19.4 Å². The molecule has 0 aliphatic carbocycles. The molecule has 2 unspecified atom stereocenters. The van der Waals surface area contributed by atoms with Crippen LogP contribution in [0.2, 0.25) is 0 Å². The molecule has 0 saturated carbocycles. The van der Waals surface area contributed by atoms with Crippen molar-refractivity contribution in [2.24, 2.45) is 0 Å². The summed E-state index contributed by atoms with van der Waals surface area (Å²) in [4.78, 5) is 24.8. The van der Waals surface area contributed by atoms with Gasteiger partial charge in [-0.1, -0.05) is 60.7 Å². The van der Waals surface area contributed by atoms with Crippen molar-refractivity contribution in [1.29, 1.82) is 5.26 Å². The molecule has 2 rings (SSSR count). The van der Waals surface area contributed by atoms with Crippen LogP contribution in [0.15, 0.2) is 60.7 Å². The summed E-state index contributed by atoms with van der Waals surface area (Å²) in [7, 11) is 0. The first-order chi connectivity index (χ1) is 12.0. The van der Waals surface area contributed by atoms with Crippen LogP contribution in [0.5, 0.6) is 0 Å². The largest absolute Gasteiger partial charge is 0.463 e. The second-order valence-corrected chi connectivity index (χ2v) is 5.56. The van der Waals surface area contributed by atoms with Gasteiger partial charge >= 0.3 is 5.97 Å².